The van der Waals surface area contributed by atoms with E-state index in [2.05, 4.69) is 10.0 Å². The van der Waals surface area contributed by atoms with E-state index in [-0.39, 0.29) is 4.90 Å². The lowest BCUT2D eigenvalue weighted by atomic mass is 10.2. The fourth-order valence-corrected chi connectivity index (χ4v) is 5.68. The number of rotatable bonds is 8. The quantitative estimate of drug-likeness (QED) is 0.460. The summed E-state index contributed by atoms with van der Waals surface area (Å²) in [5, 5.41) is 3.06. The van der Waals surface area contributed by atoms with E-state index in [9.17, 15) is 21.6 Å². The Bertz CT molecular complexity index is 1390. The van der Waals surface area contributed by atoms with Gasteiger partial charge in [0.25, 0.3) is 10.0 Å². The number of hydrogen-bond acceptors (Lipinski definition) is 5. The number of amides is 1. The van der Waals surface area contributed by atoms with Crippen molar-refractivity contribution in [1.29, 1.82) is 0 Å². The first kappa shape index (κ1) is 25.5. The monoisotopic (exact) mass is 521 g/mol. The molecule has 1 unspecified atom stereocenters. The van der Waals surface area contributed by atoms with Gasteiger partial charge in [-0.15, -0.1) is 0 Å². The summed E-state index contributed by atoms with van der Waals surface area (Å²) in [6.45, 7) is 3.25. The highest BCUT2D eigenvalue weighted by molar-refractivity contribution is 7.92. The van der Waals surface area contributed by atoms with Gasteiger partial charge >= 0.3 is 0 Å². The second-order valence-corrected chi connectivity index (χ2v) is 11.6. The number of hydrogen-bond donors (Lipinski definition) is 2. The summed E-state index contributed by atoms with van der Waals surface area (Å²) in [4.78, 5) is 12.8. The molecule has 3 aromatic rings. The fraction of sp³-hybridized carbons (Fsp3) is 0.174. The Hall–Kier alpha value is -3.08. The van der Waals surface area contributed by atoms with Gasteiger partial charge in [0.15, 0.2) is 0 Å². The third kappa shape index (κ3) is 6.07. The number of nitrogens with one attached hydrogen (secondary N) is 2. The van der Waals surface area contributed by atoms with Gasteiger partial charge < -0.3 is 5.32 Å². The first-order chi connectivity index (χ1) is 15.9. The van der Waals surface area contributed by atoms with Crippen molar-refractivity contribution in [2.75, 3.05) is 20.6 Å². The van der Waals surface area contributed by atoms with Crippen LogP contribution in [0.2, 0.25) is 5.02 Å². The number of carbonyl (C=O) groups excluding carboxylic acids is 1. The highest BCUT2D eigenvalue weighted by Crippen LogP contribution is 2.24. The molecule has 0 fully saturated rings. The summed E-state index contributed by atoms with van der Waals surface area (Å²) in [5.41, 5.74) is 1.85. The molecule has 0 saturated heterocycles. The summed E-state index contributed by atoms with van der Waals surface area (Å²) >= 11 is 5.88. The molecule has 3 rings (SSSR count). The van der Waals surface area contributed by atoms with Crippen LogP contribution in [0.1, 0.15) is 12.5 Å². The lowest BCUT2D eigenvalue weighted by Gasteiger charge is -2.28. The van der Waals surface area contributed by atoms with E-state index in [0.717, 1.165) is 16.1 Å². The van der Waals surface area contributed by atoms with Crippen molar-refractivity contribution in [3.05, 3.63) is 83.4 Å². The van der Waals surface area contributed by atoms with Crippen LogP contribution in [0.3, 0.4) is 0 Å². The van der Waals surface area contributed by atoms with E-state index in [1.54, 1.807) is 25.1 Å². The predicted molar refractivity (Wildman–Crippen MR) is 135 cm³/mol. The first-order valence-corrected chi connectivity index (χ1v) is 13.8. The number of carbonyl (C=O) groups is 1. The van der Waals surface area contributed by atoms with Gasteiger partial charge in [0, 0.05) is 10.7 Å². The van der Waals surface area contributed by atoms with Crippen molar-refractivity contribution >= 4 is 54.6 Å². The minimum Gasteiger partial charge on any atom is -0.324 e. The predicted octanol–water partition coefficient (Wildman–Crippen LogP) is 4.24. The number of anilines is 3. The zero-order valence-corrected chi connectivity index (χ0v) is 21.1. The molecule has 0 aliphatic heterocycles. The van der Waals surface area contributed by atoms with E-state index in [1.807, 2.05) is 6.07 Å². The van der Waals surface area contributed by atoms with E-state index in [0.29, 0.717) is 22.1 Å². The maximum atomic E-state index is 12.8. The maximum Gasteiger partial charge on any atom is 0.261 e. The molecule has 11 heteroatoms. The molecule has 34 heavy (non-hydrogen) atoms. The highest BCUT2D eigenvalue weighted by Gasteiger charge is 2.29. The molecule has 1 amide bonds. The fourth-order valence-electron chi connectivity index (χ4n) is 3.25. The molecule has 0 bridgehead atoms. The van der Waals surface area contributed by atoms with Crippen molar-refractivity contribution in [3.63, 3.8) is 0 Å². The number of sulfonamides is 2. The molecule has 0 heterocycles. The first-order valence-electron chi connectivity index (χ1n) is 10.1. The number of benzene rings is 3. The van der Waals surface area contributed by atoms with Crippen LogP contribution in [0.25, 0.3) is 0 Å². The Labute approximate surface area is 204 Å². The molecule has 2 N–H and O–H groups in total. The van der Waals surface area contributed by atoms with Crippen LogP contribution < -0.4 is 14.3 Å². The van der Waals surface area contributed by atoms with E-state index in [4.69, 9.17) is 11.6 Å². The van der Waals surface area contributed by atoms with Crippen LogP contribution in [0.5, 0.6) is 0 Å². The highest BCUT2D eigenvalue weighted by atomic mass is 35.5. The molecule has 0 radical (unpaired) electrons. The SMILES string of the molecule is Cc1ccccc1NS(=O)(=O)c1ccc(NC(=O)C(C)N(c2ccc(Cl)cc2)S(C)(=O)=O)cc1. The topological polar surface area (TPSA) is 113 Å². The van der Waals surface area contributed by atoms with Crippen LogP contribution in [0.15, 0.2) is 77.7 Å². The van der Waals surface area contributed by atoms with Crippen molar-refractivity contribution in [2.45, 2.75) is 24.8 Å². The summed E-state index contributed by atoms with van der Waals surface area (Å²) in [7, 11) is -7.62. The number of aryl methyl sites for hydroxylation is 1. The smallest absolute Gasteiger partial charge is 0.261 e. The van der Waals surface area contributed by atoms with Crippen LogP contribution >= 0.6 is 11.6 Å². The van der Waals surface area contributed by atoms with Gasteiger partial charge in [-0.1, -0.05) is 29.8 Å². The molecular formula is C23H24ClN3O5S2. The Kier molecular flexibility index (Phi) is 7.54. The van der Waals surface area contributed by atoms with Crippen LogP contribution in [-0.4, -0.2) is 35.0 Å². The molecular weight excluding hydrogens is 498 g/mol. The summed E-state index contributed by atoms with van der Waals surface area (Å²) in [6.07, 6.45) is 1.01. The third-order valence-corrected chi connectivity index (χ3v) is 7.87. The Balaban J connectivity index is 1.77. The second-order valence-electron chi connectivity index (χ2n) is 7.65. The normalized spacial score (nSPS) is 12.6. The Morgan fingerprint density at radius 1 is 0.912 bits per heavy atom. The number of halogens is 1. The Morgan fingerprint density at radius 2 is 1.50 bits per heavy atom. The Morgan fingerprint density at radius 3 is 2.06 bits per heavy atom. The van der Waals surface area contributed by atoms with Crippen LogP contribution in [-0.2, 0) is 24.8 Å². The summed E-state index contributed by atoms with van der Waals surface area (Å²) in [5.74, 6) is -0.589. The van der Waals surface area contributed by atoms with Gasteiger partial charge in [-0.2, -0.15) is 0 Å². The molecule has 3 aromatic carbocycles. The van der Waals surface area contributed by atoms with E-state index >= 15 is 0 Å². The molecule has 0 spiro atoms. The van der Waals surface area contributed by atoms with Crippen molar-refractivity contribution in [2.24, 2.45) is 0 Å². The summed E-state index contributed by atoms with van der Waals surface area (Å²) < 4.78 is 53.7. The summed E-state index contributed by atoms with van der Waals surface area (Å²) in [6, 6.07) is 17.6. The van der Waals surface area contributed by atoms with Gasteiger partial charge in [0.1, 0.15) is 6.04 Å². The molecule has 0 aliphatic rings. The largest absolute Gasteiger partial charge is 0.324 e. The second kappa shape index (κ2) is 10.0. The molecule has 8 nitrogen and oxygen atoms in total. The van der Waals surface area contributed by atoms with Crippen molar-refractivity contribution in [3.8, 4) is 0 Å². The lowest BCUT2D eigenvalue weighted by Crippen LogP contribution is -2.45. The van der Waals surface area contributed by atoms with Gasteiger partial charge in [-0.25, -0.2) is 16.8 Å². The minimum absolute atomic E-state index is 0.0146. The minimum atomic E-state index is -3.83. The molecule has 0 aromatic heterocycles. The van der Waals surface area contributed by atoms with Crippen LogP contribution in [0, 0.1) is 6.92 Å². The number of nitrogens with zero attached hydrogens (tertiary/aromatic N) is 1. The van der Waals surface area contributed by atoms with Crippen molar-refractivity contribution < 1.29 is 21.6 Å². The maximum absolute atomic E-state index is 12.8. The molecule has 180 valence electrons. The lowest BCUT2D eigenvalue weighted by molar-refractivity contribution is -0.116. The average molecular weight is 522 g/mol. The van der Waals surface area contributed by atoms with Gasteiger partial charge in [-0.3, -0.25) is 13.8 Å². The average Bonchev–Trinajstić information content (AvgIpc) is 2.76. The molecule has 0 saturated carbocycles. The zero-order valence-electron chi connectivity index (χ0n) is 18.7. The van der Waals surface area contributed by atoms with Crippen LogP contribution in [0.4, 0.5) is 17.1 Å². The standard InChI is InChI=1S/C23H24ClN3O5S2/c1-16-6-4-5-7-22(16)26-34(31,32)21-14-10-19(11-15-21)25-23(28)17(2)27(33(3,29)30)20-12-8-18(24)9-13-20/h4-15,17,26H,1-3H3,(H,25,28). The van der Waals surface area contributed by atoms with Gasteiger partial charge in [0.2, 0.25) is 15.9 Å². The van der Waals surface area contributed by atoms with Gasteiger partial charge in [0.05, 0.1) is 22.5 Å². The van der Waals surface area contributed by atoms with E-state index in [1.165, 1.54) is 55.5 Å². The number of para-hydroxylation sites is 1. The van der Waals surface area contributed by atoms with Crippen molar-refractivity contribution in [1.82, 2.24) is 0 Å². The third-order valence-electron chi connectivity index (χ3n) is 4.99. The molecule has 0 aliphatic carbocycles. The molecule has 1 atom stereocenters. The van der Waals surface area contributed by atoms with E-state index < -0.39 is 32.0 Å². The van der Waals surface area contributed by atoms with Gasteiger partial charge in [-0.05, 0) is 74.0 Å². The zero-order chi connectivity index (χ0) is 25.1.